The maximum atomic E-state index is 4.77. The highest BCUT2D eigenvalue weighted by Gasteiger charge is 2.21. The summed E-state index contributed by atoms with van der Waals surface area (Å²) in [4.78, 5) is 7.38. The van der Waals surface area contributed by atoms with Crippen molar-refractivity contribution in [1.82, 2.24) is 15.5 Å². The molecule has 2 N–H and O–H groups in total. The van der Waals surface area contributed by atoms with Gasteiger partial charge < -0.3 is 15.5 Å². The quantitative estimate of drug-likeness (QED) is 0.345. The van der Waals surface area contributed by atoms with Crippen LogP contribution < -0.4 is 10.6 Å². The number of rotatable bonds is 8. The van der Waals surface area contributed by atoms with Crippen LogP contribution in [-0.4, -0.2) is 49.6 Å². The van der Waals surface area contributed by atoms with E-state index < -0.39 is 0 Å². The Hall–Kier alpha value is -0.0400. The zero-order valence-electron chi connectivity index (χ0n) is 15.9. The number of guanidine groups is 1. The smallest absolute Gasteiger partial charge is 0.191 e. The van der Waals surface area contributed by atoms with Gasteiger partial charge in [0.15, 0.2) is 5.96 Å². The van der Waals surface area contributed by atoms with Crippen LogP contribution in [0.4, 0.5) is 0 Å². The van der Waals surface area contributed by atoms with E-state index in [0.29, 0.717) is 12.0 Å². The molecule has 5 heteroatoms. The van der Waals surface area contributed by atoms with Crippen molar-refractivity contribution in [3.05, 3.63) is 0 Å². The monoisotopic (exact) mass is 438 g/mol. The van der Waals surface area contributed by atoms with Crippen LogP contribution in [0.5, 0.6) is 0 Å². The second-order valence-electron chi connectivity index (χ2n) is 6.88. The van der Waals surface area contributed by atoms with E-state index in [1.807, 2.05) is 0 Å². The van der Waals surface area contributed by atoms with Gasteiger partial charge >= 0.3 is 0 Å². The molecule has 1 aliphatic rings. The molecule has 1 atom stereocenters. The maximum absolute atomic E-state index is 4.77. The van der Waals surface area contributed by atoms with E-state index in [2.05, 4.69) is 50.2 Å². The fraction of sp³-hybridized carbons (Fsp3) is 0.944. The zero-order chi connectivity index (χ0) is 16.4. The Balaban J connectivity index is 0.00000484. The van der Waals surface area contributed by atoms with E-state index in [0.717, 1.165) is 31.5 Å². The molecule has 0 amide bonds. The molecular weight excluding hydrogens is 399 g/mol. The summed E-state index contributed by atoms with van der Waals surface area (Å²) >= 11 is 0. The average molecular weight is 438 g/mol. The Morgan fingerprint density at radius 2 is 1.87 bits per heavy atom. The first-order chi connectivity index (χ1) is 10.6. The average Bonchev–Trinajstić information content (AvgIpc) is 2.53. The largest absolute Gasteiger partial charge is 0.357 e. The molecule has 1 heterocycles. The van der Waals surface area contributed by atoms with Crippen molar-refractivity contribution >= 4 is 29.9 Å². The lowest BCUT2D eigenvalue weighted by molar-refractivity contribution is 0.141. The molecular formula is C18H39IN4. The van der Waals surface area contributed by atoms with Crippen molar-refractivity contribution in [2.45, 2.75) is 66.3 Å². The number of hydrogen-bond acceptors (Lipinski definition) is 2. The van der Waals surface area contributed by atoms with Gasteiger partial charge in [-0.3, -0.25) is 4.99 Å². The predicted octanol–water partition coefficient (Wildman–Crippen LogP) is 3.72. The first-order valence-electron chi connectivity index (χ1n) is 9.36. The fourth-order valence-corrected chi connectivity index (χ4v) is 3.08. The van der Waals surface area contributed by atoms with E-state index in [1.54, 1.807) is 0 Å². The molecule has 1 rings (SSSR count). The van der Waals surface area contributed by atoms with Gasteiger partial charge in [-0.15, -0.1) is 24.0 Å². The molecule has 1 unspecified atom stereocenters. The van der Waals surface area contributed by atoms with Crippen LogP contribution in [-0.2, 0) is 0 Å². The van der Waals surface area contributed by atoms with E-state index in [-0.39, 0.29) is 24.0 Å². The first-order valence-corrected chi connectivity index (χ1v) is 9.36. The standard InChI is InChI=1S/C18H38N4.HI/c1-6-16(7-2)12-20-18(19-8-3)21-13-17-10-9-11-22(14-17)15(4)5;/h15-17H,6-14H2,1-5H3,(H2,19,20,21);1H. The van der Waals surface area contributed by atoms with Crippen LogP contribution in [0.25, 0.3) is 0 Å². The van der Waals surface area contributed by atoms with E-state index in [4.69, 9.17) is 4.99 Å². The summed E-state index contributed by atoms with van der Waals surface area (Å²) < 4.78 is 0. The summed E-state index contributed by atoms with van der Waals surface area (Å²) in [6, 6.07) is 0.666. The Labute approximate surface area is 161 Å². The number of hydrogen-bond donors (Lipinski definition) is 2. The van der Waals surface area contributed by atoms with Gasteiger partial charge in [0.05, 0.1) is 0 Å². The van der Waals surface area contributed by atoms with E-state index in [1.165, 1.54) is 38.8 Å². The minimum Gasteiger partial charge on any atom is -0.357 e. The molecule has 0 aromatic heterocycles. The normalized spacial score (nSPS) is 19.8. The minimum absolute atomic E-state index is 0. The van der Waals surface area contributed by atoms with Crippen molar-refractivity contribution in [3.8, 4) is 0 Å². The highest BCUT2D eigenvalue weighted by Crippen LogP contribution is 2.17. The molecule has 1 saturated heterocycles. The molecule has 0 saturated carbocycles. The molecule has 0 aromatic carbocycles. The highest BCUT2D eigenvalue weighted by molar-refractivity contribution is 14.0. The van der Waals surface area contributed by atoms with Crippen molar-refractivity contribution in [1.29, 1.82) is 0 Å². The Bertz CT molecular complexity index is 316. The van der Waals surface area contributed by atoms with Gasteiger partial charge in [0.2, 0.25) is 0 Å². The molecule has 4 nitrogen and oxygen atoms in total. The van der Waals surface area contributed by atoms with E-state index >= 15 is 0 Å². The number of aliphatic imine (C=N–C) groups is 1. The van der Waals surface area contributed by atoms with Crippen molar-refractivity contribution in [2.75, 3.05) is 32.7 Å². The van der Waals surface area contributed by atoms with Crippen molar-refractivity contribution in [3.63, 3.8) is 0 Å². The third-order valence-corrected chi connectivity index (χ3v) is 4.85. The fourth-order valence-electron chi connectivity index (χ4n) is 3.08. The van der Waals surface area contributed by atoms with Gasteiger partial charge in [0, 0.05) is 32.2 Å². The molecule has 0 aromatic rings. The Morgan fingerprint density at radius 1 is 1.17 bits per heavy atom. The third kappa shape index (κ3) is 9.13. The summed E-state index contributed by atoms with van der Waals surface area (Å²) in [5.41, 5.74) is 0. The van der Waals surface area contributed by atoms with Gasteiger partial charge in [-0.05, 0) is 52.0 Å². The Morgan fingerprint density at radius 3 is 2.43 bits per heavy atom. The molecule has 0 spiro atoms. The number of likely N-dealkylation sites (tertiary alicyclic amines) is 1. The van der Waals surface area contributed by atoms with Crippen LogP contribution in [0.1, 0.15) is 60.3 Å². The van der Waals surface area contributed by atoms with Gasteiger partial charge in [-0.2, -0.15) is 0 Å². The van der Waals surface area contributed by atoms with Crippen LogP contribution in [0, 0.1) is 11.8 Å². The predicted molar refractivity (Wildman–Crippen MR) is 113 cm³/mol. The van der Waals surface area contributed by atoms with Gasteiger partial charge in [0.1, 0.15) is 0 Å². The lowest BCUT2D eigenvalue weighted by Gasteiger charge is -2.35. The number of nitrogens with one attached hydrogen (secondary N) is 2. The van der Waals surface area contributed by atoms with Gasteiger partial charge in [-0.25, -0.2) is 0 Å². The minimum atomic E-state index is 0. The van der Waals surface area contributed by atoms with Crippen molar-refractivity contribution < 1.29 is 0 Å². The molecule has 1 aliphatic heterocycles. The lowest BCUT2D eigenvalue weighted by atomic mass is 9.97. The topological polar surface area (TPSA) is 39.7 Å². The summed E-state index contributed by atoms with van der Waals surface area (Å²) in [6.45, 7) is 16.6. The molecule has 0 bridgehead atoms. The van der Waals surface area contributed by atoms with Crippen LogP contribution in [0.15, 0.2) is 4.99 Å². The SMILES string of the molecule is CCNC(=NCC(CC)CC)NCC1CCCN(C(C)C)C1.I. The highest BCUT2D eigenvalue weighted by atomic mass is 127. The van der Waals surface area contributed by atoms with E-state index in [9.17, 15) is 0 Å². The molecule has 0 aliphatic carbocycles. The maximum Gasteiger partial charge on any atom is 0.191 e. The third-order valence-electron chi connectivity index (χ3n) is 4.85. The molecule has 1 fully saturated rings. The first kappa shape index (κ1) is 23.0. The number of halogens is 1. The van der Waals surface area contributed by atoms with Gasteiger partial charge in [-0.1, -0.05) is 26.7 Å². The number of piperidine rings is 1. The van der Waals surface area contributed by atoms with Crippen LogP contribution in [0.3, 0.4) is 0 Å². The Kier molecular flexibility index (Phi) is 13.3. The molecule has 0 radical (unpaired) electrons. The second-order valence-corrected chi connectivity index (χ2v) is 6.88. The summed E-state index contributed by atoms with van der Waals surface area (Å²) in [5.74, 6) is 2.45. The number of nitrogens with zero attached hydrogens (tertiary/aromatic N) is 2. The zero-order valence-corrected chi connectivity index (χ0v) is 18.2. The molecule has 23 heavy (non-hydrogen) atoms. The van der Waals surface area contributed by atoms with Crippen LogP contribution >= 0.6 is 24.0 Å². The summed E-state index contributed by atoms with van der Waals surface area (Å²) in [7, 11) is 0. The molecule has 138 valence electrons. The second kappa shape index (κ2) is 13.3. The van der Waals surface area contributed by atoms with Crippen LogP contribution in [0.2, 0.25) is 0 Å². The van der Waals surface area contributed by atoms with Gasteiger partial charge in [0.25, 0.3) is 0 Å². The summed E-state index contributed by atoms with van der Waals surface area (Å²) in [5, 5.41) is 6.95. The van der Waals surface area contributed by atoms with Crippen molar-refractivity contribution in [2.24, 2.45) is 16.8 Å². The lowest BCUT2D eigenvalue weighted by Crippen LogP contribution is -2.46. The summed E-state index contributed by atoms with van der Waals surface area (Å²) in [6.07, 6.45) is 5.09.